The molecule has 2 amide bonds. The van der Waals surface area contributed by atoms with Crippen LogP contribution in [0.15, 0.2) is 24.3 Å². The smallest absolute Gasteiger partial charge is 0.230 e. The second-order valence-corrected chi connectivity index (χ2v) is 16.8. The minimum absolute atomic E-state index is 0.0291. The highest BCUT2D eigenvalue weighted by Crippen LogP contribution is 2.40. The Morgan fingerprint density at radius 2 is 1.14 bits per heavy atom. The second-order valence-electron chi connectivity index (χ2n) is 16.8. The SMILES string of the molecule is CCC(C)(C)CC(C)(C)CNC(=O)C(C)(C)CC(C)(C)C(=O)Nc1ccc(C(C)(C)CC(C)(C)C(=O)CC(C)=O)cc1. The van der Waals surface area contributed by atoms with Gasteiger partial charge in [-0.25, -0.2) is 0 Å². The molecular formula is C36H60N2O4. The molecule has 2 N–H and O–H groups in total. The lowest BCUT2D eigenvalue weighted by Gasteiger charge is -2.37. The van der Waals surface area contributed by atoms with Crippen LogP contribution in [0.25, 0.3) is 0 Å². The van der Waals surface area contributed by atoms with Gasteiger partial charge >= 0.3 is 0 Å². The van der Waals surface area contributed by atoms with Gasteiger partial charge in [-0.05, 0) is 60.1 Å². The average molecular weight is 585 g/mol. The van der Waals surface area contributed by atoms with Crippen molar-refractivity contribution in [3.8, 4) is 0 Å². The molecule has 0 bridgehead atoms. The van der Waals surface area contributed by atoms with Gasteiger partial charge in [0, 0.05) is 28.5 Å². The molecule has 0 unspecified atom stereocenters. The zero-order chi connectivity index (χ0) is 32.9. The maximum atomic E-state index is 13.4. The fourth-order valence-corrected chi connectivity index (χ4v) is 6.38. The van der Waals surface area contributed by atoms with E-state index in [2.05, 4.69) is 59.1 Å². The maximum Gasteiger partial charge on any atom is 0.230 e. The van der Waals surface area contributed by atoms with E-state index in [-0.39, 0.29) is 46.0 Å². The molecule has 0 fully saturated rings. The van der Waals surface area contributed by atoms with Crippen molar-refractivity contribution in [2.45, 2.75) is 134 Å². The number of ketones is 2. The lowest BCUT2D eigenvalue weighted by molar-refractivity contribution is -0.134. The summed E-state index contributed by atoms with van der Waals surface area (Å²) in [7, 11) is 0. The molecule has 1 aromatic carbocycles. The number of benzene rings is 1. The number of amides is 2. The lowest BCUT2D eigenvalue weighted by Crippen LogP contribution is -2.45. The van der Waals surface area contributed by atoms with Gasteiger partial charge < -0.3 is 10.6 Å². The van der Waals surface area contributed by atoms with E-state index in [9.17, 15) is 19.2 Å². The second kappa shape index (κ2) is 13.4. The van der Waals surface area contributed by atoms with Crippen molar-refractivity contribution in [1.29, 1.82) is 0 Å². The number of anilines is 1. The topological polar surface area (TPSA) is 92.3 Å². The zero-order valence-electron chi connectivity index (χ0n) is 29.2. The summed E-state index contributed by atoms with van der Waals surface area (Å²) in [5.74, 6) is -0.346. The number of carbonyl (C=O) groups is 4. The number of Topliss-reactive ketones (excluding diaryl/α,β-unsaturated/α-hetero) is 2. The van der Waals surface area contributed by atoms with Crippen molar-refractivity contribution in [1.82, 2.24) is 5.32 Å². The number of nitrogens with one attached hydrogen (secondary N) is 2. The third kappa shape index (κ3) is 11.3. The van der Waals surface area contributed by atoms with E-state index in [1.54, 1.807) is 0 Å². The molecule has 0 atom stereocenters. The van der Waals surface area contributed by atoms with Crippen LogP contribution in [0.5, 0.6) is 0 Å². The molecule has 0 heterocycles. The van der Waals surface area contributed by atoms with E-state index < -0.39 is 16.2 Å². The van der Waals surface area contributed by atoms with E-state index in [0.717, 1.165) is 18.4 Å². The molecule has 0 aliphatic rings. The van der Waals surface area contributed by atoms with Gasteiger partial charge in [-0.3, -0.25) is 19.2 Å². The van der Waals surface area contributed by atoms with E-state index in [1.165, 1.54) is 6.92 Å². The predicted octanol–water partition coefficient (Wildman–Crippen LogP) is 8.28. The number of hydrogen-bond acceptors (Lipinski definition) is 4. The molecule has 0 saturated carbocycles. The Kier molecular flexibility index (Phi) is 12.0. The molecule has 238 valence electrons. The summed E-state index contributed by atoms with van der Waals surface area (Å²) >= 11 is 0. The molecule has 0 saturated heterocycles. The van der Waals surface area contributed by atoms with Crippen molar-refractivity contribution in [3.63, 3.8) is 0 Å². The van der Waals surface area contributed by atoms with Crippen LogP contribution in [0.1, 0.15) is 135 Å². The molecule has 6 heteroatoms. The van der Waals surface area contributed by atoms with Crippen molar-refractivity contribution in [3.05, 3.63) is 29.8 Å². The maximum absolute atomic E-state index is 13.4. The Hall–Kier alpha value is -2.50. The molecular weight excluding hydrogens is 524 g/mol. The Labute approximate surface area is 256 Å². The fourth-order valence-electron chi connectivity index (χ4n) is 6.38. The van der Waals surface area contributed by atoms with Gasteiger partial charge in [0.2, 0.25) is 11.8 Å². The number of hydrogen-bond donors (Lipinski definition) is 2. The van der Waals surface area contributed by atoms with Crippen LogP contribution in [0.3, 0.4) is 0 Å². The molecule has 0 radical (unpaired) electrons. The monoisotopic (exact) mass is 584 g/mol. The van der Waals surface area contributed by atoms with Crippen molar-refractivity contribution in [2.75, 3.05) is 11.9 Å². The third-order valence-corrected chi connectivity index (χ3v) is 8.73. The van der Waals surface area contributed by atoms with Crippen LogP contribution in [0.4, 0.5) is 5.69 Å². The highest BCUT2D eigenvalue weighted by atomic mass is 16.2. The van der Waals surface area contributed by atoms with Gasteiger partial charge in [0.05, 0.1) is 6.42 Å². The van der Waals surface area contributed by atoms with Crippen molar-refractivity contribution < 1.29 is 19.2 Å². The first kappa shape index (κ1) is 37.5. The highest BCUT2D eigenvalue weighted by molar-refractivity contribution is 6.00. The summed E-state index contributed by atoms with van der Waals surface area (Å²) < 4.78 is 0. The summed E-state index contributed by atoms with van der Waals surface area (Å²) in [6.45, 7) is 28.7. The van der Waals surface area contributed by atoms with Gasteiger partial charge in [0.15, 0.2) is 0 Å². The zero-order valence-corrected chi connectivity index (χ0v) is 29.2. The first-order valence-electron chi connectivity index (χ1n) is 15.5. The van der Waals surface area contributed by atoms with Gasteiger partial charge in [0.25, 0.3) is 0 Å². The molecule has 0 aliphatic heterocycles. The largest absolute Gasteiger partial charge is 0.355 e. The Morgan fingerprint density at radius 3 is 1.62 bits per heavy atom. The Bertz CT molecular complexity index is 1120. The summed E-state index contributed by atoms with van der Waals surface area (Å²) in [6.07, 6.45) is 3.04. The Balaban J connectivity index is 2.88. The molecule has 0 spiro atoms. The molecule has 1 aromatic rings. The minimum atomic E-state index is -0.778. The number of rotatable bonds is 16. The van der Waals surface area contributed by atoms with Crippen LogP contribution in [-0.2, 0) is 24.6 Å². The fraction of sp³-hybridized carbons (Fsp3) is 0.722. The average Bonchev–Trinajstić information content (AvgIpc) is 2.80. The highest BCUT2D eigenvalue weighted by Gasteiger charge is 2.40. The standard InChI is InChI=1S/C36H60N2O4/c1-15-31(3,4)21-32(5,6)24-37-29(41)35(11,12)23-36(13,14)30(42)38-27-18-16-26(17-19-27)33(7,8)22-34(9,10)28(40)20-25(2)39/h16-19H,15,20-24H2,1-14H3,(H,37,41)(H,38,42). The van der Waals surface area contributed by atoms with E-state index in [0.29, 0.717) is 25.1 Å². The molecule has 42 heavy (non-hydrogen) atoms. The summed E-state index contributed by atoms with van der Waals surface area (Å²) in [6, 6.07) is 7.72. The quantitative estimate of drug-likeness (QED) is 0.191. The van der Waals surface area contributed by atoms with Crippen LogP contribution in [0, 0.1) is 27.1 Å². The first-order chi connectivity index (χ1) is 18.8. The lowest BCUT2D eigenvalue weighted by atomic mass is 9.69. The summed E-state index contributed by atoms with van der Waals surface area (Å²) in [4.78, 5) is 50.7. The first-order valence-corrected chi connectivity index (χ1v) is 15.5. The van der Waals surface area contributed by atoms with Gasteiger partial charge in [-0.15, -0.1) is 0 Å². The van der Waals surface area contributed by atoms with Crippen molar-refractivity contribution >= 4 is 29.1 Å². The third-order valence-electron chi connectivity index (χ3n) is 8.73. The molecule has 0 aromatic heterocycles. The van der Waals surface area contributed by atoms with Crippen LogP contribution in [-0.4, -0.2) is 29.9 Å². The predicted molar refractivity (Wildman–Crippen MR) is 174 cm³/mol. The van der Waals surface area contributed by atoms with Crippen LogP contribution < -0.4 is 10.6 Å². The van der Waals surface area contributed by atoms with Crippen LogP contribution >= 0.6 is 0 Å². The normalized spacial score (nSPS) is 13.5. The number of carbonyl (C=O) groups excluding carboxylic acids is 4. The van der Waals surface area contributed by atoms with E-state index >= 15 is 0 Å². The van der Waals surface area contributed by atoms with E-state index in [4.69, 9.17) is 0 Å². The Morgan fingerprint density at radius 1 is 0.643 bits per heavy atom. The van der Waals surface area contributed by atoms with Gasteiger partial charge in [0.1, 0.15) is 11.6 Å². The van der Waals surface area contributed by atoms with Gasteiger partial charge in [-0.2, -0.15) is 0 Å². The molecule has 6 nitrogen and oxygen atoms in total. The van der Waals surface area contributed by atoms with E-state index in [1.807, 2.05) is 65.8 Å². The van der Waals surface area contributed by atoms with Gasteiger partial charge in [-0.1, -0.05) is 109 Å². The molecule has 0 aliphatic carbocycles. The summed E-state index contributed by atoms with van der Waals surface area (Å²) in [5, 5.41) is 6.20. The van der Waals surface area contributed by atoms with Crippen molar-refractivity contribution in [2.24, 2.45) is 27.1 Å². The molecule has 1 rings (SSSR count). The van der Waals surface area contributed by atoms with Crippen LogP contribution in [0.2, 0.25) is 0 Å². The minimum Gasteiger partial charge on any atom is -0.355 e. The summed E-state index contributed by atoms with van der Waals surface area (Å²) in [5.41, 5.74) is -0.531.